The van der Waals surface area contributed by atoms with E-state index in [0.717, 1.165) is 11.1 Å². The smallest absolute Gasteiger partial charge is 0.271 e. The molecule has 3 aromatic rings. The van der Waals surface area contributed by atoms with Crippen molar-refractivity contribution in [3.8, 4) is 11.4 Å². The number of rotatable bonds is 8. The SMILES string of the molecule is C=CCn1c(SCC(=O)Nc2ccc([N+](=O)[O-])cc2Cl)nnc1-c1cccc(C)c1. The van der Waals surface area contributed by atoms with Crippen LogP contribution in [0.15, 0.2) is 60.3 Å². The first kappa shape index (κ1) is 21.5. The Hall–Kier alpha value is -3.17. The van der Waals surface area contributed by atoms with Gasteiger partial charge in [-0.1, -0.05) is 53.2 Å². The molecule has 0 saturated heterocycles. The lowest BCUT2D eigenvalue weighted by Crippen LogP contribution is -2.15. The summed E-state index contributed by atoms with van der Waals surface area (Å²) in [5.74, 6) is 0.442. The monoisotopic (exact) mass is 443 g/mol. The highest BCUT2D eigenvalue weighted by Gasteiger charge is 2.16. The molecule has 10 heteroatoms. The molecular formula is C20H18ClN5O3S. The van der Waals surface area contributed by atoms with Crippen molar-refractivity contribution in [3.05, 3.63) is 75.8 Å². The Morgan fingerprint density at radius 3 is 2.80 bits per heavy atom. The Labute approximate surface area is 182 Å². The van der Waals surface area contributed by atoms with Crippen molar-refractivity contribution in [3.63, 3.8) is 0 Å². The fourth-order valence-corrected chi connectivity index (χ4v) is 3.69. The second-order valence-corrected chi connectivity index (χ2v) is 7.68. The first-order valence-electron chi connectivity index (χ1n) is 8.86. The van der Waals surface area contributed by atoms with Gasteiger partial charge in [0.2, 0.25) is 5.91 Å². The summed E-state index contributed by atoms with van der Waals surface area (Å²) in [6, 6.07) is 11.8. The molecule has 154 valence electrons. The van der Waals surface area contributed by atoms with E-state index >= 15 is 0 Å². The first-order valence-corrected chi connectivity index (χ1v) is 10.2. The Morgan fingerprint density at radius 1 is 1.33 bits per heavy atom. The molecule has 0 atom stereocenters. The van der Waals surface area contributed by atoms with Crippen LogP contribution >= 0.6 is 23.4 Å². The van der Waals surface area contributed by atoms with Gasteiger partial charge >= 0.3 is 0 Å². The molecule has 3 rings (SSSR count). The molecule has 0 saturated carbocycles. The Morgan fingerprint density at radius 2 is 2.13 bits per heavy atom. The predicted octanol–water partition coefficient (Wildman–Crippen LogP) is 4.73. The molecule has 0 radical (unpaired) electrons. The minimum absolute atomic E-state index is 0.0659. The number of hydrogen-bond donors (Lipinski definition) is 1. The largest absolute Gasteiger partial charge is 0.324 e. The van der Waals surface area contributed by atoms with Crippen molar-refractivity contribution in [2.75, 3.05) is 11.1 Å². The van der Waals surface area contributed by atoms with Crippen LogP contribution in [0.4, 0.5) is 11.4 Å². The number of hydrogen-bond acceptors (Lipinski definition) is 6. The molecule has 0 aliphatic rings. The van der Waals surface area contributed by atoms with Crippen molar-refractivity contribution in [2.24, 2.45) is 0 Å². The van der Waals surface area contributed by atoms with Gasteiger partial charge in [-0.05, 0) is 19.1 Å². The second-order valence-electron chi connectivity index (χ2n) is 6.33. The van der Waals surface area contributed by atoms with Crippen molar-refractivity contribution >= 4 is 40.6 Å². The average molecular weight is 444 g/mol. The Bertz CT molecular complexity index is 1120. The van der Waals surface area contributed by atoms with E-state index in [-0.39, 0.29) is 22.4 Å². The number of carbonyl (C=O) groups excluding carboxylic acids is 1. The summed E-state index contributed by atoms with van der Waals surface area (Å²) in [4.78, 5) is 22.6. The van der Waals surface area contributed by atoms with E-state index in [1.54, 1.807) is 6.08 Å². The Kier molecular flexibility index (Phi) is 6.86. The maximum atomic E-state index is 12.3. The minimum Gasteiger partial charge on any atom is -0.324 e. The summed E-state index contributed by atoms with van der Waals surface area (Å²) in [5, 5.41) is 22.6. The van der Waals surface area contributed by atoms with Crippen LogP contribution in [0.5, 0.6) is 0 Å². The number of aryl methyl sites for hydroxylation is 1. The molecule has 0 spiro atoms. The fourth-order valence-electron chi connectivity index (χ4n) is 2.72. The van der Waals surface area contributed by atoms with Crippen LogP contribution in [0, 0.1) is 17.0 Å². The van der Waals surface area contributed by atoms with Crippen molar-refractivity contribution in [2.45, 2.75) is 18.6 Å². The molecule has 1 heterocycles. The zero-order chi connectivity index (χ0) is 21.7. The van der Waals surface area contributed by atoms with Crippen LogP contribution < -0.4 is 5.32 Å². The summed E-state index contributed by atoms with van der Waals surface area (Å²) in [6.45, 7) is 6.28. The third kappa shape index (κ3) is 5.05. The lowest BCUT2D eigenvalue weighted by molar-refractivity contribution is -0.384. The molecule has 0 aliphatic carbocycles. The Balaban J connectivity index is 1.72. The number of nitrogens with one attached hydrogen (secondary N) is 1. The third-order valence-corrected chi connectivity index (χ3v) is 5.35. The third-order valence-electron chi connectivity index (χ3n) is 4.07. The summed E-state index contributed by atoms with van der Waals surface area (Å²) >= 11 is 7.25. The number of non-ortho nitro benzene ring substituents is 1. The van der Waals surface area contributed by atoms with Gasteiger partial charge in [-0.25, -0.2) is 0 Å². The van der Waals surface area contributed by atoms with Crippen molar-refractivity contribution < 1.29 is 9.72 Å². The topological polar surface area (TPSA) is 103 Å². The molecule has 0 fully saturated rings. The summed E-state index contributed by atoms with van der Waals surface area (Å²) in [6.07, 6.45) is 1.74. The van der Waals surface area contributed by atoms with Gasteiger partial charge in [0.25, 0.3) is 5.69 Å². The highest BCUT2D eigenvalue weighted by Crippen LogP contribution is 2.28. The van der Waals surface area contributed by atoms with Crippen LogP contribution in [-0.4, -0.2) is 31.3 Å². The number of halogens is 1. The van der Waals surface area contributed by atoms with Crippen molar-refractivity contribution in [1.82, 2.24) is 14.8 Å². The maximum Gasteiger partial charge on any atom is 0.271 e. The van der Waals surface area contributed by atoms with E-state index in [9.17, 15) is 14.9 Å². The summed E-state index contributed by atoms with van der Waals surface area (Å²) in [7, 11) is 0. The van der Waals surface area contributed by atoms with Crippen LogP contribution in [0.25, 0.3) is 11.4 Å². The zero-order valence-corrected chi connectivity index (χ0v) is 17.6. The first-order chi connectivity index (χ1) is 14.4. The molecule has 30 heavy (non-hydrogen) atoms. The second kappa shape index (κ2) is 9.55. The molecule has 1 aromatic heterocycles. The van der Waals surface area contributed by atoms with E-state index < -0.39 is 4.92 Å². The van der Waals surface area contributed by atoms with Gasteiger partial charge in [0.05, 0.1) is 21.4 Å². The van der Waals surface area contributed by atoms with E-state index in [2.05, 4.69) is 22.1 Å². The lowest BCUT2D eigenvalue weighted by Gasteiger charge is -2.09. The number of nitro benzene ring substituents is 1. The molecule has 0 aliphatic heterocycles. The van der Waals surface area contributed by atoms with Gasteiger partial charge in [-0.15, -0.1) is 16.8 Å². The van der Waals surface area contributed by atoms with Crippen molar-refractivity contribution in [1.29, 1.82) is 0 Å². The molecule has 0 unspecified atom stereocenters. The molecular weight excluding hydrogens is 426 g/mol. The summed E-state index contributed by atoms with van der Waals surface area (Å²) in [5.41, 5.74) is 2.20. The lowest BCUT2D eigenvalue weighted by atomic mass is 10.1. The number of thioether (sulfide) groups is 1. The number of benzene rings is 2. The molecule has 0 bridgehead atoms. The van der Waals surface area contributed by atoms with Gasteiger partial charge in [-0.3, -0.25) is 19.5 Å². The molecule has 2 aromatic carbocycles. The van der Waals surface area contributed by atoms with Crippen LogP contribution in [0.3, 0.4) is 0 Å². The number of nitro groups is 1. The maximum absolute atomic E-state index is 12.3. The quantitative estimate of drug-likeness (QED) is 0.233. The summed E-state index contributed by atoms with van der Waals surface area (Å²) < 4.78 is 1.89. The standard InChI is InChI=1S/C20H18ClN5O3S/c1-3-9-25-19(14-6-4-5-13(2)10-14)23-24-20(25)30-12-18(27)22-17-8-7-15(26(28)29)11-16(17)21/h3-8,10-11H,1,9,12H2,2H3,(H,22,27). The van der Waals surface area contributed by atoms with Crippen LogP contribution in [0.1, 0.15) is 5.56 Å². The highest BCUT2D eigenvalue weighted by atomic mass is 35.5. The number of amides is 1. The number of nitrogens with zero attached hydrogens (tertiary/aromatic N) is 4. The van der Waals surface area contributed by atoms with E-state index in [0.29, 0.717) is 23.2 Å². The van der Waals surface area contributed by atoms with E-state index in [1.807, 2.05) is 35.8 Å². The van der Waals surface area contributed by atoms with Crippen LogP contribution in [0.2, 0.25) is 5.02 Å². The average Bonchev–Trinajstić information content (AvgIpc) is 3.11. The van der Waals surface area contributed by atoms with Gasteiger partial charge < -0.3 is 5.32 Å². The van der Waals surface area contributed by atoms with Gasteiger partial charge in [0.15, 0.2) is 11.0 Å². The van der Waals surface area contributed by atoms with E-state index in [1.165, 1.54) is 30.0 Å². The number of anilines is 1. The van der Waals surface area contributed by atoms with Gasteiger partial charge in [0, 0.05) is 24.2 Å². The zero-order valence-electron chi connectivity index (χ0n) is 16.0. The highest BCUT2D eigenvalue weighted by molar-refractivity contribution is 7.99. The molecule has 1 amide bonds. The number of carbonyl (C=O) groups is 1. The number of aromatic nitrogens is 3. The number of allylic oxidation sites excluding steroid dienone is 1. The fraction of sp³-hybridized carbons (Fsp3) is 0.150. The normalized spacial score (nSPS) is 10.6. The predicted molar refractivity (Wildman–Crippen MR) is 118 cm³/mol. The minimum atomic E-state index is -0.550. The van der Waals surface area contributed by atoms with Gasteiger partial charge in [0.1, 0.15) is 0 Å². The van der Waals surface area contributed by atoms with E-state index in [4.69, 9.17) is 11.6 Å². The van der Waals surface area contributed by atoms with Crippen LogP contribution in [-0.2, 0) is 11.3 Å². The molecule has 8 nitrogen and oxygen atoms in total. The van der Waals surface area contributed by atoms with Gasteiger partial charge in [-0.2, -0.15) is 0 Å². The molecule has 1 N–H and O–H groups in total.